The minimum absolute atomic E-state index is 0. The van der Waals surface area contributed by atoms with Gasteiger partial charge in [0.1, 0.15) is 24.4 Å². The van der Waals surface area contributed by atoms with Crippen molar-refractivity contribution in [1.29, 1.82) is 0 Å². The summed E-state index contributed by atoms with van der Waals surface area (Å²) in [6.07, 6.45) is -0.806. The van der Waals surface area contributed by atoms with Crippen LogP contribution in [0, 0.1) is 13.8 Å². The molecule has 41 heavy (non-hydrogen) atoms. The topological polar surface area (TPSA) is 121 Å². The van der Waals surface area contributed by atoms with E-state index >= 15 is 0 Å². The third-order valence-corrected chi connectivity index (χ3v) is 5.69. The van der Waals surface area contributed by atoms with Crippen LogP contribution in [0.3, 0.4) is 0 Å². The molecular weight excluding hydrogens is 524 g/mol. The van der Waals surface area contributed by atoms with Gasteiger partial charge in [0.05, 0.1) is 31.0 Å². The van der Waals surface area contributed by atoms with E-state index in [1.807, 2.05) is 76.2 Å². The van der Waals surface area contributed by atoms with E-state index in [9.17, 15) is 14.4 Å². The highest BCUT2D eigenvalue weighted by atomic mass is 16.6. The van der Waals surface area contributed by atoms with E-state index in [0.29, 0.717) is 17.9 Å². The van der Waals surface area contributed by atoms with Crippen molar-refractivity contribution in [2.24, 2.45) is 0 Å². The average Bonchev–Trinajstić information content (AvgIpc) is 3.23. The Labute approximate surface area is 245 Å². The first-order chi connectivity index (χ1) is 19.5. The molecule has 10 nitrogen and oxygen atoms in total. The monoisotopic (exact) mass is 570 g/mol. The maximum absolute atomic E-state index is 12.6. The van der Waals surface area contributed by atoms with Crippen LogP contribution in [-0.2, 0) is 25.7 Å². The molecule has 0 spiro atoms. The summed E-state index contributed by atoms with van der Waals surface area (Å²) in [5.41, 5.74) is 3.32. The Morgan fingerprint density at radius 1 is 1.02 bits per heavy atom. The Morgan fingerprint density at radius 3 is 2.34 bits per heavy atom. The fourth-order valence-corrected chi connectivity index (χ4v) is 3.91. The second-order valence-corrected chi connectivity index (χ2v) is 10.0. The van der Waals surface area contributed by atoms with Crippen molar-refractivity contribution < 1.29 is 31.4 Å². The molecule has 3 aromatic rings. The van der Waals surface area contributed by atoms with Gasteiger partial charge in [-0.15, -0.1) is 0 Å². The number of aryl methyl sites for hydroxylation is 1. The average molecular weight is 571 g/mol. The third-order valence-electron chi connectivity index (χ3n) is 5.69. The molecule has 0 bridgehead atoms. The molecule has 1 heterocycles. The number of hydrogen-bond acceptors (Lipinski definition) is 7. The van der Waals surface area contributed by atoms with E-state index in [4.69, 9.17) is 14.2 Å². The van der Waals surface area contributed by atoms with Gasteiger partial charge in [0.2, 0.25) is 5.91 Å². The van der Waals surface area contributed by atoms with E-state index in [1.54, 1.807) is 31.5 Å². The van der Waals surface area contributed by atoms with E-state index in [-0.39, 0.29) is 15.8 Å². The Kier molecular flexibility index (Phi) is 12.4. The number of nitrogens with one attached hydrogen (secondary N) is 2. The van der Waals surface area contributed by atoms with Crippen LogP contribution in [0.15, 0.2) is 54.6 Å². The van der Waals surface area contributed by atoms with Gasteiger partial charge in [-0.05, 0) is 57.9 Å². The zero-order chi connectivity index (χ0) is 30.6. The van der Waals surface area contributed by atoms with Crippen LogP contribution in [0.5, 0.6) is 5.75 Å². The first kappa shape index (κ1) is 32.9. The number of amides is 2. The van der Waals surface area contributed by atoms with Crippen molar-refractivity contribution in [3.8, 4) is 11.4 Å². The maximum Gasteiger partial charge on any atom is 0.408 e. The number of carbonyl (C=O) groups is 3. The first-order valence-corrected chi connectivity index (χ1v) is 13.6. The third kappa shape index (κ3) is 10.3. The minimum atomic E-state index is -0.709. The molecule has 0 aliphatic rings. The van der Waals surface area contributed by atoms with E-state index < -0.39 is 29.6 Å². The molecule has 0 saturated heterocycles. The minimum Gasteiger partial charge on any atom is -0.485 e. The quantitative estimate of drug-likeness (QED) is 0.294. The number of carbonyl (C=O) groups excluding carboxylic acids is 3. The number of benzene rings is 2. The van der Waals surface area contributed by atoms with Gasteiger partial charge in [-0.2, -0.15) is 5.10 Å². The van der Waals surface area contributed by atoms with Crippen LogP contribution in [0.1, 0.15) is 72.4 Å². The highest BCUT2D eigenvalue weighted by molar-refractivity contribution is 5.83. The second-order valence-electron chi connectivity index (χ2n) is 10.0. The molecule has 0 aliphatic carbocycles. The van der Waals surface area contributed by atoms with Gasteiger partial charge < -0.3 is 24.8 Å². The van der Waals surface area contributed by atoms with Crippen molar-refractivity contribution in [3.63, 3.8) is 0 Å². The number of methoxy groups -OCH3 is 1. The molecule has 3 rings (SSSR count). The molecular formula is C31H46N4O6. The van der Waals surface area contributed by atoms with Gasteiger partial charge in [0.15, 0.2) is 5.75 Å². The molecule has 0 radical (unpaired) electrons. The molecule has 2 N–H and O–H groups in total. The molecule has 226 valence electrons. The summed E-state index contributed by atoms with van der Waals surface area (Å²) in [4.78, 5) is 36.7. The van der Waals surface area contributed by atoms with Crippen LogP contribution in [0.4, 0.5) is 4.79 Å². The standard InChI is InChI=1S/C29H36N4O6.C2H6.2H2/c1-19-27(38-18-21-11-8-7-9-12-21)20(2)33(32-19)23-14-10-13-22(15-23)24(16-26(35)37-6)31-25(34)17-30-28(36)39-29(3,4)5;1-2;;/h7-15,24H,16-18H2,1-6H3,(H,30,36)(H,31,34);1-2H3;2*1H/t24-;;;/m0.../s1. The van der Waals surface area contributed by atoms with E-state index in [2.05, 4.69) is 15.7 Å². The molecule has 0 fully saturated rings. The SMILES string of the molecule is CC.COC(=O)C[C@H](NC(=O)CNC(=O)OC(C)(C)C)c1cccc(-n2nc(C)c(OCc3ccccc3)c2C)c1.[HH].[HH]. The highest BCUT2D eigenvalue weighted by Gasteiger charge is 2.22. The fourth-order valence-electron chi connectivity index (χ4n) is 3.91. The summed E-state index contributed by atoms with van der Waals surface area (Å²) in [7, 11) is 1.29. The summed E-state index contributed by atoms with van der Waals surface area (Å²) in [5.74, 6) is -0.284. The van der Waals surface area contributed by atoms with Crippen LogP contribution in [-0.4, -0.2) is 47.0 Å². The number of aromatic nitrogens is 2. The summed E-state index contributed by atoms with van der Waals surface area (Å²) in [6.45, 7) is 13.1. The normalized spacial score (nSPS) is 11.4. The van der Waals surface area contributed by atoms with Gasteiger partial charge in [0, 0.05) is 2.85 Å². The molecule has 2 aromatic carbocycles. The summed E-state index contributed by atoms with van der Waals surface area (Å²) in [5, 5.41) is 9.88. The molecule has 2 amide bonds. The van der Waals surface area contributed by atoms with Gasteiger partial charge in [0.25, 0.3) is 0 Å². The fraction of sp³-hybridized carbons (Fsp3) is 0.419. The van der Waals surface area contributed by atoms with Crippen molar-refractivity contribution in [1.82, 2.24) is 20.4 Å². The van der Waals surface area contributed by atoms with Crippen LogP contribution < -0.4 is 15.4 Å². The number of ether oxygens (including phenoxy) is 3. The van der Waals surface area contributed by atoms with Gasteiger partial charge in [-0.25, -0.2) is 9.48 Å². The summed E-state index contributed by atoms with van der Waals surface area (Å²) < 4.78 is 17.9. The number of nitrogens with zero attached hydrogens (tertiary/aromatic N) is 2. The Morgan fingerprint density at radius 2 is 1.71 bits per heavy atom. The molecule has 1 atom stereocenters. The van der Waals surface area contributed by atoms with Crippen molar-refractivity contribution in [2.75, 3.05) is 13.7 Å². The predicted molar refractivity (Wildman–Crippen MR) is 161 cm³/mol. The molecule has 1 aromatic heterocycles. The lowest BCUT2D eigenvalue weighted by Gasteiger charge is -2.21. The number of rotatable bonds is 10. The van der Waals surface area contributed by atoms with Gasteiger partial charge in [-0.3, -0.25) is 9.59 Å². The molecule has 0 unspecified atom stereocenters. The van der Waals surface area contributed by atoms with Crippen molar-refractivity contribution in [3.05, 3.63) is 77.1 Å². The number of alkyl carbamates (subject to hydrolysis) is 1. The summed E-state index contributed by atoms with van der Waals surface area (Å²) in [6, 6.07) is 16.5. The van der Waals surface area contributed by atoms with Crippen LogP contribution >= 0.6 is 0 Å². The van der Waals surface area contributed by atoms with Gasteiger partial charge >= 0.3 is 12.1 Å². The second kappa shape index (κ2) is 15.4. The lowest BCUT2D eigenvalue weighted by atomic mass is 10.0. The Hall–Kier alpha value is -4.34. The largest absolute Gasteiger partial charge is 0.485 e. The summed E-state index contributed by atoms with van der Waals surface area (Å²) >= 11 is 0. The highest BCUT2D eigenvalue weighted by Crippen LogP contribution is 2.28. The van der Waals surface area contributed by atoms with Crippen molar-refractivity contribution >= 4 is 18.0 Å². The lowest BCUT2D eigenvalue weighted by Crippen LogP contribution is -2.41. The van der Waals surface area contributed by atoms with E-state index in [1.165, 1.54) is 7.11 Å². The smallest absolute Gasteiger partial charge is 0.408 e. The molecule has 0 saturated carbocycles. The Balaban J connectivity index is 0.00000432. The lowest BCUT2D eigenvalue weighted by molar-refractivity contribution is -0.141. The molecule has 0 aliphatic heterocycles. The first-order valence-electron chi connectivity index (χ1n) is 13.6. The molecule has 10 heteroatoms. The predicted octanol–water partition coefficient (Wildman–Crippen LogP) is 5.83. The van der Waals surface area contributed by atoms with Crippen molar-refractivity contribution in [2.45, 2.75) is 73.1 Å². The number of hydrogen-bond donors (Lipinski definition) is 2. The van der Waals surface area contributed by atoms with Gasteiger partial charge in [-0.1, -0.05) is 56.3 Å². The van der Waals surface area contributed by atoms with Crippen LogP contribution in [0.25, 0.3) is 5.69 Å². The zero-order valence-corrected chi connectivity index (χ0v) is 25.2. The van der Waals surface area contributed by atoms with E-state index in [0.717, 1.165) is 22.6 Å². The number of esters is 1. The van der Waals surface area contributed by atoms with Crippen LogP contribution in [0.2, 0.25) is 0 Å². The zero-order valence-electron chi connectivity index (χ0n) is 25.2. The Bertz CT molecular complexity index is 1310. The maximum atomic E-state index is 12.6.